The van der Waals surface area contributed by atoms with Crippen molar-refractivity contribution >= 4 is 27.5 Å². The van der Waals surface area contributed by atoms with Crippen molar-refractivity contribution in [1.82, 2.24) is 14.6 Å². The fourth-order valence-corrected chi connectivity index (χ4v) is 4.45. The van der Waals surface area contributed by atoms with Gasteiger partial charge in [0, 0.05) is 30.4 Å². The minimum Gasteiger partial charge on any atom is -0.356 e. The Morgan fingerprint density at radius 3 is 2.64 bits per heavy atom. The van der Waals surface area contributed by atoms with Crippen molar-refractivity contribution in [3.8, 4) is 0 Å². The molecule has 8 heteroatoms. The van der Waals surface area contributed by atoms with E-state index >= 15 is 0 Å². The fourth-order valence-electron chi connectivity index (χ4n) is 2.93. The summed E-state index contributed by atoms with van der Waals surface area (Å²) in [5, 5.41) is 0.497. The van der Waals surface area contributed by atoms with Gasteiger partial charge in [0.2, 0.25) is 10.0 Å². The van der Waals surface area contributed by atoms with Gasteiger partial charge in [0.15, 0.2) is 0 Å². The summed E-state index contributed by atoms with van der Waals surface area (Å²) in [7, 11) is -3.77. The lowest BCUT2D eigenvalue weighted by molar-refractivity contribution is 0.0787. The molecule has 1 aromatic carbocycles. The van der Waals surface area contributed by atoms with Crippen molar-refractivity contribution in [2.75, 3.05) is 13.1 Å². The third-order valence-corrected chi connectivity index (χ3v) is 6.16. The molecule has 0 spiro atoms. The standard InChI is InChI=1S/C17H20ClN3O3S/c1-12(14-6-2-3-7-15(14)18)20-25(23,24)13-10-16(19-11-13)17(22)21-8-4-5-9-21/h2-3,6-7,10-12,19-20H,4-5,8-9H2,1H3. The summed E-state index contributed by atoms with van der Waals surface area (Å²) >= 11 is 6.12. The van der Waals surface area contributed by atoms with E-state index in [1.807, 2.05) is 0 Å². The maximum absolute atomic E-state index is 12.6. The molecule has 0 radical (unpaired) electrons. The van der Waals surface area contributed by atoms with E-state index < -0.39 is 16.1 Å². The minimum atomic E-state index is -3.77. The van der Waals surface area contributed by atoms with E-state index in [1.165, 1.54) is 12.3 Å². The van der Waals surface area contributed by atoms with Crippen LogP contribution in [-0.2, 0) is 10.0 Å². The molecule has 1 atom stereocenters. The summed E-state index contributed by atoms with van der Waals surface area (Å²) in [6.45, 7) is 3.14. The Morgan fingerprint density at radius 2 is 1.96 bits per heavy atom. The molecular formula is C17H20ClN3O3S. The molecule has 0 aliphatic carbocycles. The number of sulfonamides is 1. The number of carbonyl (C=O) groups excluding carboxylic acids is 1. The summed E-state index contributed by atoms with van der Waals surface area (Å²) in [5.74, 6) is -0.168. The van der Waals surface area contributed by atoms with Crippen molar-refractivity contribution in [3.05, 3.63) is 52.8 Å². The van der Waals surface area contributed by atoms with E-state index in [9.17, 15) is 13.2 Å². The number of halogens is 1. The third kappa shape index (κ3) is 3.89. The Morgan fingerprint density at radius 1 is 1.28 bits per heavy atom. The van der Waals surface area contributed by atoms with Crippen molar-refractivity contribution in [1.29, 1.82) is 0 Å². The zero-order valence-electron chi connectivity index (χ0n) is 13.8. The number of hydrogen-bond acceptors (Lipinski definition) is 3. The molecule has 1 amide bonds. The van der Waals surface area contributed by atoms with E-state index in [0.29, 0.717) is 23.7 Å². The van der Waals surface area contributed by atoms with Gasteiger partial charge in [-0.3, -0.25) is 4.79 Å². The Balaban J connectivity index is 1.76. The molecule has 0 saturated carbocycles. The van der Waals surface area contributed by atoms with Crippen LogP contribution in [-0.4, -0.2) is 37.3 Å². The molecule has 1 fully saturated rings. The first-order valence-electron chi connectivity index (χ1n) is 8.13. The maximum Gasteiger partial charge on any atom is 0.270 e. The molecule has 2 N–H and O–H groups in total. The topological polar surface area (TPSA) is 82.3 Å². The molecule has 1 aromatic heterocycles. The number of H-pyrrole nitrogens is 1. The van der Waals surface area contributed by atoms with Gasteiger partial charge >= 0.3 is 0 Å². The zero-order chi connectivity index (χ0) is 18.0. The van der Waals surface area contributed by atoms with Crippen LogP contribution in [0.5, 0.6) is 0 Å². The fraction of sp³-hybridized carbons (Fsp3) is 0.353. The summed E-state index contributed by atoms with van der Waals surface area (Å²) in [5.41, 5.74) is 0.976. The SMILES string of the molecule is CC(NS(=O)(=O)c1c[nH]c(C(=O)N2CCCC2)c1)c1ccccc1Cl. The number of aromatic amines is 1. The molecule has 6 nitrogen and oxygen atoms in total. The van der Waals surface area contributed by atoms with Gasteiger partial charge in [-0.05, 0) is 37.5 Å². The summed E-state index contributed by atoms with van der Waals surface area (Å²) in [4.78, 5) is 16.9. The Bertz CT molecular complexity index is 873. The number of likely N-dealkylation sites (tertiary alicyclic amines) is 1. The highest BCUT2D eigenvalue weighted by atomic mass is 35.5. The lowest BCUT2D eigenvalue weighted by atomic mass is 10.1. The maximum atomic E-state index is 12.6. The van der Waals surface area contributed by atoms with E-state index in [4.69, 9.17) is 11.6 Å². The minimum absolute atomic E-state index is 0.0361. The number of amides is 1. The molecule has 2 aromatic rings. The van der Waals surface area contributed by atoms with Crippen LogP contribution >= 0.6 is 11.6 Å². The van der Waals surface area contributed by atoms with Crippen LogP contribution in [0.4, 0.5) is 0 Å². The first kappa shape index (κ1) is 18.0. The Labute approximate surface area is 152 Å². The number of rotatable bonds is 5. The monoisotopic (exact) mass is 381 g/mol. The number of carbonyl (C=O) groups is 1. The van der Waals surface area contributed by atoms with Gasteiger partial charge in [-0.15, -0.1) is 0 Å². The third-order valence-electron chi connectivity index (χ3n) is 4.29. The Kier molecular flexibility index (Phi) is 5.17. The van der Waals surface area contributed by atoms with E-state index in [-0.39, 0.29) is 16.5 Å². The molecule has 2 heterocycles. The van der Waals surface area contributed by atoms with E-state index in [2.05, 4.69) is 9.71 Å². The van der Waals surface area contributed by atoms with E-state index in [1.54, 1.807) is 36.1 Å². The van der Waals surface area contributed by atoms with Crippen LogP contribution in [0.3, 0.4) is 0 Å². The Hall–Kier alpha value is -1.83. The van der Waals surface area contributed by atoms with Crippen molar-refractivity contribution < 1.29 is 13.2 Å². The highest BCUT2D eigenvalue weighted by Crippen LogP contribution is 2.24. The number of benzene rings is 1. The first-order valence-corrected chi connectivity index (χ1v) is 9.99. The first-order chi connectivity index (χ1) is 11.9. The zero-order valence-corrected chi connectivity index (χ0v) is 15.4. The number of aromatic nitrogens is 1. The van der Waals surface area contributed by atoms with Gasteiger partial charge in [-0.1, -0.05) is 29.8 Å². The number of hydrogen-bond donors (Lipinski definition) is 2. The van der Waals surface area contributed by atoms with Crippen molar-refractivity contribution in [2.45, 2.75) is 30.7 Å². The van der Waals surface area contributed by atoms with Gasteiger partial charge in [0.1, 0.15) is 10.6 Å². The molecule has 3 rings (SSSR count). The molecule has 134 valence electrons. The van der Waals surface area contributed by atoms with Crippen LogP contribution in [0.15, 0.2) is 41.4 Å². The molecule has 1 saturated heterocycles. The molecule has 25 heavy (non-hydrogen) atoms. The summed E-state index contributed by atoms with van der Waals surface area (Å²) < 4.78 is 27.8. The van der Waals surface area contributed by atoms with Gasteiger partial charge in [-0.2, -0.15) is 0 Å². The molecule has 1 aliphatic heterocycles. The molecule has 1 aliphatic rings. The smallest absolute Gasteiger partial charge is 0.270 e. The average Bonchev–Trinajstić information content (AvgIpc) is 3.26. The largest absolute Gasteiger partial charge is 0.356 e. The predicted octanol–water partition coefficient (Wildman–Crippen LogP) is 2.94. The lowest BCUT2D eigenvalue weighted by Crippen LogP contribution is -2.28. The van der Waals surface area contributed by atoms with Gasteiger partial charge in [0.05, 0.1) is 0 Å². The second kappa shape index (κ2) is 7.19. The second-order valence-corrected chi connectivity index (χ2v) is 8.23. The molecule has 0 bridgehead atoms. The second-order valence-electron chi connectivity index (χ2n) is 6.11. The van der Waals surface area contributed by atoms with Crippen molar-refractivity contribution in [2.24, 2.45) is 0 Å². The normalized spacial score (nSPS) is 16.2. The lowest BCUT2D eigenvalue weighted by Gasteiger charge is -2.15. The van der Waals surface area contributed by atoms with Crippen LogP contribution in [0.25, 0.3) is 0 Å². The summed E-state index contributed by atoms with van der Waals surface area (Å²) in [6, 6.07) is 7.96. The average molecular weight is 382 g/mol. The van der Waals surface area contributed by atoms with Crippen molar-refractivity contribution in [3.63, 3.8) is 0 Å². The highest BCUT2D eigenvalue weighted by molar-refractivity contribution is 7.89. The van der Waals surface area contributed by atoms with Crippen LogP contribution in [0.2, 0.25) is 5.02 Å². The quantitative estimate of drug-likeness (QED) is 0.835. The highest BCUT2D eigenvalue weighted by Gasteiger charge is 2.25. The number of nitrogens with one attached hydrogen (secondary N) is 2. The van der Waals surface area contributed by atoms with Gasteiger partial charge < -0.3 is 9.88 Å². The van der Waals surface area contributed by atoms with Crippen LogP contribution < -0.4 is 4.72 Å². The molecule has 1 unspecified atom stereocenters. The predicted molar refractivity (Wildman–Crippen MR) is 96.1 cm³/mol. The van der Waals surface area contributed by atoms with Gasteiger partial charge in [-0.25, -0.2) is 13.1 Å². The van der Waals surface area contributed by atoms with Crippen LogP contribution in [0, 0.1) is 0 Å². The van der Waals surface area contributed by atoms with E-state index in [0.717, 1.165) is 12.8 Å². The number of nitrogens with zero attached hydrogens (tertiary/aromatic N) is 1. The van der Waals surface area contributed by atoms with Crippen LogP contribution in [0.1, 0.15) is 41.9 Å². The summed E-state index contributed by atoms with van der Waals surface area (Å²) in [6.07, 6.45) is 3.30. The molecular weight excluding hydrogens is 362 g/mol. The van der Waals surface area contributed by atoms with Gasteiger partial charge in [0.25, 0.3) is 5.91 Å².